The van der Waals surface area contributed by atoms with E-state index in [1.807, 2.05) is 26.0 Å². The third-order valence-electron chi connectivity index (χ3n) is 7.87. The molecule has 8 heteroatoms. The van der Waals surface area contributed by atoms with Gasteiger partial charge in [-0.1, -0.05) is 25.1 Å². The molecule has 3 heterocycles. The van der Waals surface area contributed by atoms with Crippen molar-refractivity contribution in [2.75, 3.05) is 36.4 Å². The van der Waals surface area contributed by atoms with Crippen LogP contribution in [0.5, 0.6) is 0 Å². The molecule has 0 aliphatic carbocycles. The number of hydrogen-bond acceptors (Lipinski definition) is 5. The first-order chi connectivity index (χ1) is 18.8. The van der Waals surface area contributed by atoms with Crippen LogP contribution in [0, 0.1) is 18.3 Å². The number of hydrogen-bond donors (Lipinski definition) is 1. The number of nitrogens with one attached hydrogen (secondary N) is 1. The highest BCUT2D eigenvalue weighted by atomic mass is 19.1. The van der Waals surface area contributed by atoms with E-state index in [4.69, 9.17) is 5.26 Å². The second-order valence-corrected chi connectivity index (χ2v) is 10.3. The molecule has 0 radical (unpaired) electrons. The van der Waals surface area contributed by atoms with Gasteiger partial charge in [0.1, 0.15) is 11.5 Å². The van der Waals surface area contributed by atoms with Crippen molar-refractivity contribution in [2.45, 2.75) is 45.2 Å². The molecule has 2 aromatic carbocycles. The number of aryl methyl sites for hydroxylation is 2. The Bertz CT molecular complexity index is 1420. The number of rotatable bonds is 6. The summed E-state index contributed by atoms with van der Waals surface area (Å²) in [6.45, 7) is 6.41. The number of anilines is 2. The Morgan fingerprint density at radius 3 is 2.38 bits per heavy atom. The lowest BCUT2D eigenvalue weighted by Gasteiger charge is -2.37. The highest BCUT2D eigenvalue weighted by Gasteiger charge is 2.38. The van der Waals surface area contributed by atoms with E-state index in [2.05, 4.69) is 21.3 Å². The Labute approximate surface area is 229 Å². The number of carbonyl (C=O) groups is 2. The molecule has 1 N–H and O–H groups in total. The lowest BCUT2D eigenvalue weighted by Crippen LogP contribution is -2.43. The monoisotopic (exact) mass is 527 g/mol. The lowest BCUT2D eigenvalue weighted by molar-refractivity contribution is 0.0421. The number of benzene rings is 2. The van der Waals surface area contributed by atoms with Crippen LogP contribution in [0.2, 0.25) is 0 Å². The van der Waals surface area contributed by atoms with E-state index < -0.39 is 5.67 Å². The zero-order valence-electron chi connectivity index (χ0n) is 22.3. The molecule has 2 saturated heterocycles. The molecular formula is C31H34FN5O2. The summed E-state index contributed by atoms with van der Waals surface area (Å²) in [7, 11) is 0. The summed E-state index contributed by atoms with van der Waals surface area (Å²) in [6.07, 6.45) is 3.79. The molecule has 0 atom stereocenters. The normalized spacial score (nSPS) is 16.3. The van der Waals surface area contributed by atoms with Crippen molar-refractivity contribution in [3.05, 3.63) is 88.1 Å². The van der Waals surface area contributed by atoms with Crippen molar-refractivity contribution in [2.24, 2.45) is 0 Å². The van der Waals surface area contributed by atoms with E-state index in [0.717, 1.165) is 36.5 Å². The van der Waals surface area contributed by atoms with Gasteiger partial charge in [-0.15, -0.1) is 0 Å². The molecule has 2 aliphatic rings. The summed E-state index contributed by atoms with van der Waals surface area (Å²) >= 11 is 0. The van der Waals surface area contributed by atoms with Crippen LogP contribution in [0.3, 0.4) is 0 Å². The zero-order valence-corrected chi connectivity index (χ0v) is 22.3. The second-order valence-electron chi connectivity index (χ2n) is 10.3. The first kappa shape index (κ1) is 26.4. The Morgan fingerprint density at radius 2 is 1.82 bits per heavy atom. The van der Waals surface area contributed by atoms with Gasteiger partial charge in [0.05, 0.1) is 17.2 Å². The van der Waals surface area contributed by atoms with Crippen LogP contribution < -0.4 is 10.2 Å². The number of nitrogens with zero attached hydrogens (tertiary/aromatic N) is 4. The molecule has 39 heavy (non-hydrogen) atoms. The highest BCUT2D eigenvalue weighted by Crippen LogP contribution is 2.38. The van der Waals surface area contributed by atoms with Gasteiger partial charge in [0.25, 0.3) is 11.8 Å². The molecular weight excluding hydrogens is 493 g/mol. The van der Waals surface area contributed by atoms with Crippen LogP contribution >= 0.6 is 0 Å². The standard InChI is InChI=1S/C31H32FN5O2.H2/c1-3-23-17-21(2)26(18-27(23)35-29(38)24-7-10-28(34-20-24)36-13-4-14-36)30(39)37-15-11-31(32,12-16-37)25-8-5-22(19-33)6-9-25;/h5-10,17-18,20H,3-4,11-16H2,1-2H3,(H,35,38);1H. The summed E-state index contributed by atoms with van der Waals surface area (Å²) in [6, 6.07) is 15.9. The summed E-state index contributed by atoms with van der Waals surface area (Å²) in [5, 5.41) is 12.0. The van der Waals surface area contributed by atoms with Gasteiger partial charge in [0.15, 0.2) is 0 Å². The van der Waals surface area contributed by atoms with E-state index in [9.17, 15) is 9.59 Å². The molecule has 0 saturated carbocycles. The van der Waals surface area contributed by atoms with Crippen molar-refractivity contribution in [1.29, 1.82) is 5.26 Å². The number of carbonyl (C=O) groups excluding carboxylic acids is 2. The number of aromatic nitrogens is 1. The highest BCUT2D eigenvalue weighted by molar-refractivity contribution is 6.05. The second kappa shape index (κ2) is 10.9. The van der Waals surface area contributed by atoms with Crippen molar-refractivity contribution in [1.82, 2.24) is 9.88 Å². The Hall–Kier alpha value is -4.25. The Kier molecular flexibility index (Phi) is 7.34. The summed E-state index contributed by atoms with van der Waals surface area (Å²) in [4.78, 5) is 34.8. The number of pyridine rings is 1. The first-order valence-electron chi connectivity index (χ1n) is 13.5. The third kappa shape index (κ3) is 5.35. The Morgan fingerprint density at radius 1 is 1.10 bits per heavy atom. The first-order valence-corrected chi connectivity index (χ1v) is 13.5. The van der Waals surface area contributed by atoms with Crippen LogP contribution in [-0.2, 0) is 12.1 Å². The number of piperidine rings is 1. The van der Waals surface area contributed by atoms with E-state index >= 15 is 4.39 Å². The molecule has 2 amide bonds. The summed E-state index contributed by atoms with van der Waals surface area (Å²) in [5.41, 5.74) is 2.79. The third-order valence-corrected chi connectivity index (χ3v) is 7.87. The molecule has 2 aliphatic heterocycles. The van der Waals surface area contributed by atoms with E-state index in [0.29, 0.717) is 34.4 Å². The predicted octanol–water partition coefficient (Wildman–Crippen LogP) is 5.63. The molecule has 0 bridgehead atoms. The van der Waals surface area contributed by atoms with Crippen LogP contribution in [-0.4, -0.2) is 47.9 Å². The van der Waals surface area contributed by atoms with E-state index in [1.54, 1.807) is 47.5 Å². The van der Waals surface area contributed by atoms with E-state index in [-0.39, 0.29) is 39.2 Å². The van der Waals surface area contributed by atoms with Crippen LogP contribution in [0.15, 0.2) is 54.7 Å². The number of amides is 2. The minimum atomic E-state index is -1.54. The maximum atomic E-state index is 15.7. The largest absolute Gasteiger partial charge is 0.356 e. The summed E-state index contributed by atoms with van der Waals surface area (Å²) < 4.78 is 15.7. The fourth-order valence-electron chi connectivity index (χ4n) is 5.22. The van der Waals surface area contributed by atoms with E-state index in [1.165, 1.54) is 0 Å². The zero-order chi connectivity index (χ0) is 27.6. The molecule has 3 aromatic rings. The lowest BCUT2D eigenvalue weighted by atomic mass is 9.85. The molecule has 5 rings (SSSR count). The van der Waals surface area contributed by atoms with Crippen LogP contribution in [0.25, 0.3) is 0 Å². The van der Waals surface area contributed by atoms with Crippen molar-refractivity contribution >= 4 is 23.3 Å². The van der Waals surface area contributed by atoms with Gasteiger partial charge in [-0.3, -0.25) is 9.59 Å². The van der Waals surface area contributed by atoms with Gasteiger partial charge in [0.2, 0.25) is 0 Å². The van der Waals surface area contributed by atoms with Crippen molar-refractivity contribution < 1.29 is 15.4 Å². The van der Waals surface area contributed by atoms with Crippen LogP contribution in [0.1, 0.15) is 70.6 Å². The average Bonchev–Trinajstić information content (AvgIpc) is 2.93. The van der Waals surface area contributed by atoms with Gasteiger partial charge < -0.3 is 15.1 Å². The molecule has 2 fully saturated rings. The molecule has 0 spiro atoms. The van der Waals surface area contributed by atoms with Gasteiger partial charge in [-0.2, -0.15) is 5.26 Å². The number of alkyl halides is 1. The SMILES string of the molecule is CCc1cc(C)c(C(=O)N2CCC(F)(c3ccc(C#N)cc3)CC2)cc1NC(=O)c1ccc(N2CCC2)nc1.[HH]. The van der Waals surface area contributed by atoms with Gasteiger partial charge >= 0.3 is 0 Å². The minimum Gasteiger partial charge on any atom is -0.356 e. The number of halogens is 1. The topological polar surface area (TPSA) is 89.3 Å². The fraction of sp³-hybridized carbons (Fsp3) is 0.355. The van der Waals surface area contributed by atoms with Gasteiger partial charge in [-0.05, 0) is 66.8 Å². The minimum absolute atomic E-state index is 0. The molecule has 1 aromatic heterocycles. The van der Waals surface area contributed by atoms with Gasteiger partial charge in [0, 0.05) is 57.9 Å². The average molecular weight is 528 g/mol. The summed E-state index contributed by atoms with van der Waals surface area (Å²) in [5.74, 6) is 0.415. The Balaban J connectivity index is 0.00000370. The van der Waals surface area contributed by atoms with Gasteiger partial charge in [-0.25, -0.2) is 9.37 Å². The maximum Gasteiger partial charge on any atom is 0.257 e. The molecule has 0 unspecified atom stereocenters. The predicted molar refractivity (Wildman–Crippen MR) is 151 cm³/mol. The van der Waals surface area contributed by atoms with Crippen LogP contribution in [0.4, 0.5) is 15.9 Å². The van der Waals surface area contributed by atoms with Crippen molar-refractivity contribution in [3.8, 4) is 6.07 Å². The van der Waals surface area contributed by atoms with Crippen molar-refractivity contribution in [3.63, 3.8) is 0 Å². The number of nitriles is 1. The number of likely N-dealkylation sites (tertiary alicyclic amines) is 1. The maximum absolute atomic E-state index is 15.7. The molecule has 202 valence electrons. The fourth-order valence-corrected chi connectivity index (χ4v) is 5.22. The molecule has 7 nitrogen and oxygen atoms in total. The smallest absolute Gasteiger partial charge is 0.257 e. The quantitative estimate of drug-likeness (QED) is 0.449.